The van der Waals surface area contributed by atoms with Crippen LogP contribution in [-0.4, -0.2) is 0 Å². The molecule has 162 valence electrons. The monoisotopic (exact) mass is 460 g/mol. The molecule has 0 amide bonds. The van der Waals surface area contributed by atoms with Gasteiger partial charge in [0, 0.05) is 9.75 Å². The predicted octanol–water partition coefficient (Wildman–Crippen LogP) is 8.43. The van der Waals surface area contributed by atoms with Crippen LogP contribution in [0.5, 0.6) is 0 Å². The largest absolute Gasteiger partial charge is 0.134 e. The van der Waals surface area contributed by atoms with Crippen LogP contribution in [0.25, 0.3) is 33.0 Å². The molecule has 0 bridgehead atoms. The van der Waals surface area contributed by atoms with Crippen LogP contribution in [0.4, 0.5) is 0 Å². The second kappa shape index (κ2) is 6.00. The van der Waals surface area contributed by atoms with Crippen LogP contribution < -0.4 is 0 Å². The molecule has 1 heteroatoms. The Morgan fingerprint density at radius 3 is 1.31 bits per heavy atom. The summed E-state index contributed by atoms with van der Waals surface area (Å²) in [4.78, 5) is 2.89. The third-order valence-corrected chi connectivity index (χ3v) is 9.94. The van der Waals surface area contributed by atoms with Crippen molar-refractivity contribution in [2.45, 2.75) is 10.8 Å². The van der Waals surface area contributed by atoms with Gasteiger partial charge in [0.15, 0.2) is 0 Å². The van der Waals surface area contributed by atoms with Crippen molar-refractivity contribution in [3.63, 3.8) is 0 Å². The molecule has 4 aliphatic rings. The molecular formula is C34H20S. The Morgan fingerprint density at radius 2 is 0.829 bits per heavy atom. The molecule has 2 spiro atoms. The van der Waals surface area contributed by atoms with E-state index >= 15 is 0 Å². The summed E-state index contributed by atoms with van der Waals surface area (Å²) in [5, 5.41) is 0. The number of fused-ring (bicyclic) bond motifs is 15. The molecule has 1 heterocycles. The van der Waals surface area contributed by atoms with E-state index in [9.17, 15) is 0 Å². The number of thiophene rings is 1. The van der Waals surface area contributed by atoms with Gasteiger partial charge in [-0.15, -0.1) is 11.3 Å². The zero-order chi connectivity index (χ0) is 22.8. The van der Waals surface area contributed by atoms with E-state index in [0.717, 1.165) is 0 Å². The third-order valence-electron chi connectivity index (χ3n) is 8.69. The Hall–Kier alpha value is -3.94. The Kier molecular flexibility index (Phi) is 3.15. The van der Waals surface area contributed by atoms with Gasteiger partial charge in [-0.25, -0.2) is 0 Å². The number of benzene rings is 4. The summed E-state index contributed by atoms with van der Waals surface area (Å²) < 4.78 is 0. The zero-order valence-electron chi connectivity index (χ0n) is 19.0. The maximum Gasteiger partial charge on any atom is 0.0665 e. The van der Waals surface area contributed by atoms with E-state index < -0.39 is 0 Å². The third kappa shape index (κ3) is 1.88. The van der Waals surface area contributed by atoms with Crippen LogP contribution in [0.1, 0.15) is 44.5 Å². The molecule has 0 saturated carbocycles. The van der Waals surface area contributed by atoms with Gasteiger partial charge in [-0.1, -0.05) is 121 Å². The van der Waals surface area contributed by atoms with Crippen molar-refractivity contribution in [1.82, 2.24) is 0 Å². The van der Waals surface area contributed by atoms with Crippen molar-refractivity contribution in [1.29, 1.82) is 0 Å². The van der Waals surface area contributed by atoms with Gasteiger partial charge in [-0.05, 0) is 55.6 Å². The molecule has 0 radical (unpaired) electrons. The molecule has 2 atom stereocenters. The molecule has 0 nitrogen and oxygen atoms in total. The topological polar surface area (TPSA) is 0 Å². The first kappa shape index (κ1) is 18.4. The molecule has 1 aromatic heterocycles. The fourth-order valence-electron chi connectivity index (χ4n) is 7.40. The standard InChI is InChI=1S/C34H20S/c1-5-13-25-21(9-1)17-19-33(25)27-15-7-3-11-23(27)31-29(33)30-32(35-31)24-12-4-8-16-28(24)34(30)20-18-22-10-2-6-14-26(22)34/h1-20H/t33-,34+. The molecule has 0 unspecified atom stereocenters. The fraction of sp³-hybridized carbons (Fsp3) is 0.0588. The molecule has 0 fully saturated rings. The van der Waals surface area contributed by atoms with E-state index in [0.29, 0.717) is 0 Å². The summed E-state index contributed by atoms with van der Waals surface area (Å²) in [7, 11) is 0. The van der Waals surface area contributed by atoms with E-state index in [1.165, 1.54) is 65.4 Å². The Bertz CT molecular complexity index is 1680. The zero-order valence-corrected chi connectivity index (χ0v) is 19.8. The van der Waals surface area contributed by atoms with Gasteiger partial charge in [0.25, 0.3) is 0 Å². The molecule has 4 aliphatic carbocycles. The van der Waals surface area contributed by atoms with Gasteiger partial charge >= 0.3 is 0 Å². The molecule has 4 aromatic carbocycles. The Morgan fingerprint density at radius 1 is 0.429 bits per heavy atom. The van der Waals surface area contributed by atoms with E-state index in [1.807, 2.05) is 11.3 Å². The number of allylic oxidation sites excluding steroid dienone is 2. The number of rotatable bonds is 0. The van der Waals surface area contributed by atoms with Crippen molar-refractivity contribution in [2.24, 2.45) is 0 Å². The number of hydrogen-bond acceptors (Lipinski definition) is 1. The lowest BCUT2D eigenvalue weighted by molar-refractivity contribution is 0.755. The minimum absolute atomic E-state index is 0.243. The summed E-state index contributed by atoms with van der Waals surface area (Å²) in [6, 6.07) is 36.2. The SMILES string of the molecule is C1=C[C@]2(c3ccccc31)c1ccccc1-c1sc3c(c12)[C@@]1(C=Cc2ccccc21)c1ccccc1-3. The minimum Gasteiger partial charge on any atom is -0.134 e. The highest BCUT2D eigenvalue weighted by atomic mass is 32.1. The molecule has 0 saturated heterocycles. The lowest BCUT2D eigenvalue weighted by Gasteiger charge is -2.33. The van der Waals surface area contributed by atoms with E-state index in [4.69, 9.17) is 0 Å². The average Bonchev–Trinajstić information content (AvgIpc) is 3.69. The van der Waals surface area contributed by atoms with E-state index in [1.54, 1.807) is 0 Å². The van der Waals surface area contributed by atoms with Crippen molar-refractivity contribution >= 4 is 23.5 Å². The quantitative estimate of drug-likeness (QED) is 0.217. The molecular weight excluding hydrogens is 440 g/mol. The van der Waals surface area contributed by atoms with Gasteiger partial charge < -0.3 is 0 Å². The summed E-state index contributed by atoms with van der Waals surface area (Å²) in [5.74, 6) is 0. The smallest absolute Gasteiger partial charge is 0.0665 e. The normalized spacial score (nSPS) is 22.9. The maximum atomic E-state index is 2.48. The number of hydrogen-bond donors (Lipinski definition) is 0. The van der Waals surface area contributed by atoms with Gasteiger partial charge in [-0.3, -0.25) is 0 Å². The molecule has 35 heavy (non-hydrogen) atoms. The Balaban J connectivity index is 1.49. The average molecular weight is 461 g/mol. The van der Waals surface area contributed by atoms with Gasteiger partial charge in [0.1, 0.15) is 0 Å². The van der Waals surface area contributed by atoms with Crippen LogP contribution >= 0.6 is 11.3 Å². The van der Waals surface area contributed by atoms with Crippen LogP contribution in [0.15, 0.2) is 109 Å². The van der Waals surface area contributed by atoms with Crippen molar-refractivity contribution < 1.29 is 0 Å². The first-order valence-electron chi connectivity index (χ1n) is 12.3. The summed E-state index contributed by atoms with van der Waals surface area (Å²) in [6.45, 7) is 0. The van der Waals surface area contributed by atoms with Crippen molar-refractivity contribution in [3.8, 4) is 20.9 Å². The highest BCUT2D eigenvalue weighted by molar-refractivity contribution is 7.19. The van der Waals surface area contributed by atoms with Crippen LogP contribution in [0.2, 0.25) is 0 Å². The minimum atomic E-state index is -0.243. The van der Waals surface area contributed by atoms with E-state index in [-0.39, 0.29) is 10.8 Å². The predicted molar refractivity (Wildman–Crippen MR) is 146 cm³/mol. The van der Waals surface area contributed by atoms with Crippen molar-refractivity contribution in [2.75, 3.05) is 0 Å². The van der Waals surface area contributed by atoms with Crippen LogP contribution in [0.3, 0.4) is 0 Å². The maximum absolute atomic E-state index is 2.48. The van der Waals surface area contributed by atoms with Gasteiger partial charge in [-0.2, -0.15) is 0 Å². The highest BCUT2D eigenvalue weighted by Gasteiger charge is 2.56. The lowest BCUT2D eigenvalue weighted by Crippen LogP contribution is -2.29. The molecule has 9 rings (SSSR count). The molecule has 5 aromatic rings. The Labute approximate surface area is 208 Å². The fourth-order valence-corrected chi connectivity index (χ4v) is 8.91. The lowest BCUT2D eigenvalue weighted by atomic mass is 9.67. The second-order valence-electron chi connectivity index (χ2n) is 10.1. The highest BCUT2D eigenvalue weighted by Crippen LogP contribution is 2.68. The molecule has 0 N–H and O–H groups in total. The first-order chi connectivity index (χ1) is 17.3. The molecule has 0 aliphatic heterocycles. The van der Waals surface area contributed by atoms with Gasteiger partial charge in [0.2, 0.25) is 0 Å². The van der Waals surface area contributed by atoms with Crippen molar-refractivity contribution in [3.05, 3.63) is 154 Å². The van der Waals surface area contributed by atoms with Gasteiger partial charge in [0.05, 0.1) is 10.8 Å². The summed E-state index contributed by atoms with van der Waals surface area (Å²) in [6.07, 6.45) is 9.66. The van der Waals surface area contributed by atoms with Crippen LogP contribution in [0, 0.1) is 0 Å². The summed E-state index contributed by atoms with van der Waals surface area (Å²) >= 11 is 2.00. The first-order valence-corrected chi connectivity index (χ1v) is 13.1. The van der Waals surface area contributed by atoms with Crippen LogP contribution in [-0.2, 0) is 10.8 Å². The summed E-state index contributed by atoms with van der Waals surface area (Å²) in [5.41, 5.74) is 13.6. The van der Waals surface area contributed by atoms with E-state index in [2.05, 4.69) is 121 Å². The second-order valence-corrected chi connectivity index (χ2v) is 11.1.